The standard InChI is InChI=1S/C34H49N5O4/c1-33(2,3)42-31(40)38-19-17-37(18-20-38)28-14-9-12-25-22-39(32(41)43-34(4,5)6)26(21-27(25)28)23-36(7)29-15-8-11-24-13-10-16-35-30(24)29/h9-10,12-14,16,26,29H,8,11,15,17-23H2,1-7H3/t26?,29-/m0/s1. The van der Waals surface area contributed by atoms with Crippen LogP contribution in [0.25, 0.3) is 0 Å². The Morgan fingerprint density at radius 3 is 2.30 bits per heavy atom. The van der Waals surface area contributed by atoms with E-state index in [1.54, 1.807) is 4.90 Å². The van der Waals surface area contributed by atoms with Crippen LogP contribution in [0.4, 0.5) is 15.3 Å². The zero-order chi connectivity index (χ0) is 30.9. The monoisotopic (exact) mass is 591 g/mol. The summed E-state index contributed by atoms with van der Waals surface area (Å²) in [6, 6.07) is 10.8. The van der Waals surface area contributed by atoms with Crippen LogP contribution in [0.3, 0.4) is 0 Å². The van der Waals surface area contributed by atoms with Crippen molar-refractivity contribution in [1.82, 2.24) is 19.7 Å². The lowest BCUT2D eigenvalue weighted by molar-refractivity contribution is 0.00644. The van der Waals surface area contributed by atoms with E-state index in [9.17, 15) is 9.59 Å². The van der Waals surface area contributed by atoms with Gasteiger partial charge in [-0.2, -0.15) is 0 Å². The number of hydrogen-bond acceptors (Lipinski definition) is 7. The highest BCUT2D eigenvalue weighted by atomic mass is 16.6. The van der Waals surface area contributed by atoms with Crippen molar-refractivity contribution >= 4 is 17.9 Å². The van der Waals surface area contributed by atoms with Crippen LogP contribution in [0, 0.1) is 0 Å². The van der Waals surface area contributed by atoms with Gasteiger partial charge in [-0.15, -0.1) is 0 Å². The Hall–Kier alpha value is -3.33. The van der Waals surface area contributed by atoms with Crippen molar-refractivity contribution in [3.05, 3.63) is 58.9 Å². The normalized spacial score (nSPS) is 20.9. The first kappa shape index (κ1) is 31.1. The first-order chi connectivity index (χ1) is 20.3. The molecule has 234 valence electrons. The Bertz CT molecular complexity index is 1310. The summed E-state index contributed by atoms with van der Waals surface area (Å²) in [5.74, 6) is 0. The molecule has 1 unspecified atom stereocenters. The molecule has 3 heterocycles. The number of fused-ring (bicyclic) bond motifs is 2. The molecule has 0 bridgehead atoms. The third-order valence-electron chi connectivity index (χ3n) is 8.57. The summed E-state index contributed by atoms with van der Waals surface area (Å²) in [7, 11) is 2.17. The summed E-state index contributed by atoms with van der Waals surface area (Å²) in [5, 5.41) is 0. The number of carbonyl (C=O) groups is 2. The van der Waals surface area contributed by atoms with E-state index in [1.807, 2.05) is 58.7 Å². The second kappa shape index (κ2) is 12.3. The van der Waals surface area contributed by atoms with Gasteiger partial charge in [0.2, 0.25) is 0 Å². The molecular formula is C34H49N5O4. The van der Waals surface area contributed by atoms with E-state index in [2.05, 4.69) is 41.1 Å². The zero-order valence-electron chi connectivity index (χ0n) is 27.1. The van der Waals surface area contributed by atoms with E-state index >= 15 is 0 Å². The number of amides is 2. The molecule has 2 aliphatic heterocycles. The second-order valence-electron chi connectivity index (χ2n) is 14.2. The van der Waals surface area contributed by atoms with Crippen LogP contribution >= 0.6 is 0 Å². The van der Waals surface area contributed by atoms with Crippen LogP contribution < -0.4 is 4.90 Å². The van der Waals surface area contributed by atoms with E-state index < -0.39 is 11.2 Å². The minimum atomic E-state index is -0.574. The second-order valence-corrected chi connectivity index (χ2v) is 14.2. The molecule has 1 aliphatic carbocycles. The summed E-state index contributed by atoms with van der Waals surface area (Å²) >= 11 is 0. The topological polar surface area (TPSA) is 78.5 Å². The average Bonchev–Trinajstić information content (AvgIpc) is 2.94. The minimum absolute atomic E-state index is 0.0503. The summed E-state index contributed by atoms with van der Waals surface area (Å²) in [4.78, 5) is 39.5. The van der Waals surface area contributed by atoms with Gasteiger partial charge in [0.15, 0.2) is 0 Å². The zero-order valence-corrected chi connectivity index (χ0v) is 27.1. The van der Waals surface area contributed by atoms with Crippen molar-refractivity contribution in [2.45, 2.75) is 97.1 Å². The van der Waals surface area contributed by atoms with Gasteiger partial charge in [0.05, 0.1) is 17.8 Å². The molecule has 2 aromatic rings. The van der Waals surface area contributed by atoms with Crippen molar-refractivity contribution in [3.8, 4) is 0 Å². The van der Waals surface area contributed by atoms with Crippen LogP contribution in [0.1, 0.15) is 82.8 Å². The molecule has 1 aromatic heterocycles. The molecular weight excluding hydrogens is 542 g/mol. The first-order valence-electron chi connectivity index (χ1n) is 15.8. The van der Waals surface area contributed by atoms with Crippen molar-refractivity contribution in [2.24, 2.45) is 0 Å². The largest absolute Gasteiger partial charge is 0.444 e. The van der Waals surface area contributed by atoms with Crippen LogP contribution in [0.15, 0.2) is 36.5 Å². The Balaban J connectivity index is 1.37. The number of hydrogen-bond donors (Lipinski definition) is 0. The van der Waals surface area contributed by atoms with E-state index in [4.69, 9.17) is 14.5 Å². The maximum atomic E-state index is 13.6. The maximum Gasteiger partial charge on any atom is 0.410 e. The molecule has 1 saturated heterocycles. The SMILES string of the molecule is CN(CC1Cc2c(cccc2N2CCN(C(=O)OC(C)(C)C)CC2)CN1C(=O)OC(C)(C)C)[C@H]1CCCc2cccnc21. The number of piperazine rings is 1. The van der Waals surface area contributed by atoms with Gasteiger partial charge in [-0.05, 0) is 103 Å². The number of rotatable bonds is 4. The van der Waals surface area contributed by atoms with E-state index in [0.29, 0.717) is 19.6 Å². The number of aryl methyl sites for hydroxylation is 1. The number of benzene rings is 1. The number of likely N-dealkylation sites (N-methyl/N-ethyl adjacent to an activating group) is 1. The Morgan fingerprint density at radius 2 is 1.60 bits per heavy atom. The highest BCUT2D eigenvalue weighted by Crippen LogP contribution is 2.36. The van der Waals surface area contributed by atoms with Gasteiger partial charge in [-0.3, -0.25) is 14.8 Å². The highest BCUT2D eigenvalue weighted by Gasteiger charge is 2.37. The number of nitrogens with zero attached hydrogens (tertiary/aromatic N) is 5. The van der Waals surface area contributed by atoms with Crippen LogP contribution in [0.5, 0.6) is 0 Å². The number of ether oxygens (including phenoxy) is 2. The smallest absolute Gasteiger partial charge is 0.410 e. The van der Waals surface area contributed by atoms with E-state index in [0.717, 1.165) is 50.9 Å². The molecule has 9 heteroatoms. The third kappa shape index (κ3) is 7.43. The van der Waals surface area contributed by atoms with Crippen LogP contribution in [-0.4, -0.2) is 88.9 Å². The van der Waals surface area contributed by atoms with Gasteiger partial charge in [0.1, 0.15) is 11.2 Å². The Labute approximate surface area is 257 Å². The Morgan fingerprint density at radius 1 is 0.930 bits per heavy atom. The number of anilines is 1. The number of carbonyl (C=O) groups excluding carboxylic acids is 2. The van der Waals surface area contributed by atoms with E-state index in [1.165, 1.54) is 22.5 Å². The first-order valence-corrected chi connectivity index (χ1v) is 15.8. The molecule has 5 rings (SSSR count). The van der Waals surface area contributed by atoms with Crippen molar-refractivity contribution < 1.29 is 19.1 Å². The lowest BCUT2D eigenvalue weighted by Crippen LogP contribution is -2.52. The summed E-state index contributed by atoms with van der Waals surface area (Å²) in [6.07, 6.45) is 5.37. The van der Waals surface area contributed by atoms with Gasteiger partial charge in [-0.25, -0.2) is 9.59 Å². The van der Waals surface area contributed by atoms with Crippen molar-refractivity contribution in [3.63, 3.8) is 0 Å². The fourth-order valence-corrected chi connectivity index (χ4v) is 6.59. The predicted octanol–water partition coefficient (Wildman–Crippen LogP) is 5.81. The molecule has 9 nitrogen and oxygen atoms in total. The summed E-state index contributed by atoms with van der Waals surface area (Å²) in [5.41, 5.74) is 5.05. The molecule has 43 heavy (non-hydrogen) atoms. The van der Waals surface area contributed by atoms with Gasteiger partial charge in [0.25, 0.3) is 0 Å². The molecule has 1 fully saturated rings. The fraction of sp³-hybridized carbons (Fsp3) is 0.618. The molecule has 2 amide bonds. The van der Waals surface area contributed by atoms with Gasteiger partial charge < -0.3 is 19.3 Å². The molecule has 2 atom stereocenters. The lowest BCUT2D eigenvalue weighted by Gasteiger charge is -2.43. The van der Waals surface area contributed by atoms with Crippen LogP contribution in [0.2, 0.25) is 0 Å². The summed E-state index contributed by atoms with van der Waals surface area (Å²) in [6.45, 7) is 15.4. The van der Waals surface area contributed by atoms with Crippen molar-refractivity contribution in [2.75, 3.05) is 44.7 Å². The van der Waals surface area contributed by atoms with E-state index in [-0.39, 0.29) is 24.3 Å². The fourth-order valence-electron chi connectivity index (χ4n) is 6.59. The molecule has 1 aromatic carbocycles. The molecule has 0 saturated carbocycles. The maximum absolute atomic E-state index is 13.6. The number of aromatic nitrogens is 1. The van der Waals surface area contributed by atoms with Crippen LogP contribution in [-0.2, 0) is 28.9 Å². The van der Waals surface area contributed by atoms with Crippen molar-refractivity contribution in [1.29, 1.82) is 0 Å². The predicted molar refractivity (Wildman–Crippen MR) is 168 cm³/mol. The number of pyridine rings is 1. The molecule has 3 aliphatic rings. The van der Waals surface area contributed by atoms with Gasteiger partial charge in [0, 0.05) is 51.2 Å². The molecule has 0 spiro atoms. The average molecular weight is 592 g/mol. The quantitative estimate of drug-likeness (QED) is 0.444. The van der Waals surface area contributed by atoms with Gasteiger partial charge >= 0.3 is 12.2 Å². The third-order valence-corrected chi connectivity index (χ3v) is 8.57. The summed E-state index contributed by atoms with van der Waals surface area (Å²) < 4.78 is 11.5. The highest BCUT2D eigenvalue weighted by molar-refractivity contribution is 5.71. The molecule has 0 N–H and O–H groups in total. The van der Waals surface area contributed by atoms with Gasteiger partial charge in [-0.1, -0.05) is 18.2 Å². The Kier molecular flexibility index (Phi) is 8.93. The molecule has 0 radical (unpaired) electrons. The minimum Gasteiger partial charge on any atom is -0.444 e. The lowest BCUT2D eigenvalue weighted by atomic mass is 9.89.